The van der Waals surface area contributed by atoms with Gasteiger partial charge in [0.25, 0.3) is 0 Å². The first-order valence-corrected chi connectivity index (χ1v) is 7.66. The summed E-state index contributed by atoms with van der Waals surface area (Å²) in [6.45, 7) is 8.39. The lowest BCUT2D eigenvalue weighted by atomic mass is 9.82. The Hall–Kier alpha value is -0.120. The maximum atomic E-state index is 6.02. The van der Waals surface area contributed by atoms with E-state index in [-0.39, 0.29) is 0 Å². The molecule has 0 radical (unpaired) electrons. The highest BCUT2D eigenvalue weighted by molar-refractivity contribution is 4.75. The monoisotopic (exact) mass is 255 g/mol. The third-order valence-electron chi connectivity index (χ3n) is 4.25. The van der Waals surface area contributed by atoms with Crippen molar-refractivity contribution in [2.75, 3.05) is 26.4 Å². The summed E-state index contributed by atoms with van der Waals surface area (Å²) in [6.07, 6.45) is 6.68. The molecule has 0 amide bonds. The highest BCUT2D eigenvalue weighted by Gasteiger charge is 2.24. The summed E-state index contributed by atoms with van der Waals surface area (Å²) in [5, 5.41) is 3.58. The van der Waals surface area contributed by atoms with Crippen LogP contribution in [0.5, 0.6) is 0 Å². The minimum absolute atomic E-state index is 0.500. The lowest BCUT2D eigenvalue weighted by Crippen LogP contribution is -2.37. The fraction of sp³-hybridized carbons (Fsp3) is 1.00. The van der Waals surface area contributed by atoms with Gasteiger partial charge < -0.3 is 14.8 Å². The highest BCUT2D eigenvalue weighted by atomic mass is 16.5. The van der Waals surface area contributed by atoms with E-state index in [1.54, 1.807) is 0 Å². The van der Waals surface area contributed by atoms with Gasteiger partial charge in [-0.25, -0.2) is 0 Å². The van der Waals surface area contributed by atoms with E-state index in [1.165, 1.54) is 19.3 Å². The summed E-state index contributed by atoms with van der Waals surface area (Å²) in [6, 6.07) is 0.645. The zero-order valence-electron chi connectivity index (χ0n) is 12.0. The standard InChI is InChI=1S/C15H29NO2/c1-12-9-13(2)11-15(10-12)18-8-5-16-14-3-6-17-7-4-14/h12-16H,3-11H2,1-2H3. The second-order valence-corrected chi connectivity index (χ2v) is 6.25. The van der Waals surface area contributed by atoms with Crippen LogP contribution < -0.4 is 5.32 Å². The molecule has 18 heavy (non-hydrogen) atoms. The molecule has 0 bridgehead atoms. The molecule has 1 saturated carbocycles. The molecule has 106 valence electrons. The first-order chi connectivity index (χ1) is 8.74. The van der Waals surface area contributed by atoms with Gasteiger partial charge in [0.15, 0.2) is 0 Å². The van der Waals surface area contributed by atoms with E-state index in [0.717, 1.165) is 51.0 Å². The van der Waals surface area contributed by atoms with Gasteiger partial charge in [0.1, 0.15) is 0 Å². The maximum Gasteiger partial charge on any atom is 0.0594 e. The average molecular weight is 255 g/mol. The molecule has 2 unspecified atom stereocenters. The van der Waals surface area contributed by atoms with E-state index in [1.807, 2.05) is 0 Å². The highest BCUT2D eigenvalue weighted by Crippen LogP contribution is 2.30. The van der Waals surface area contributed by atoms with Gasteiger partial charge in [-0.05, 0) is 43.9 Å². The Balaban J connectivity index is 1.54. The van der Waals surface area contributed by atoms with Gasteiger partial charge in [0.05, 0.1) is 12.7 Å². The Morgan fingerprint density at radius 2 is 1.72 bits per heavy atom. The summed E-state index contributed by atoms with van der Waals surface area (Å²) in [4.78, 5) is 0. The average Bonchev–Trinajstić information content (AvgIpc) is 2.35. The molecule has 3 heteroatoms. The topological polar surface area (TPSA) is 30.5 Å². The summed E-state index contributed by atoms with van der Waals surface area (Å²) in [5.74, 6) is 1.67. The predicted octanol–water partition coefficient (Wildman–Crippen LogP) is 2.60. The van der Waals surface area contributed by atoms with Gasteiger partial charge in [0.2, 0.25) is 0 Å². The molecule has 1 aliphatic heterocycles. The maximum absolute atomic E-state index is 6.02. The molecule has 2 aliphatic rings. The second kappa shape index (κ2) is 7.46. The molecule has 0 spiro atoms. The first-order valence-electron chi connectivity index (χ1n) is 7.66. The summed E-state index contributed by atoms with van der Waals surface area (Å²) >= 11 is 0. The van der Waals surface area contributed by atoms with Crippen molar-refractivity contribution in [3.63, 3.8) is 0 Å². The Morgan fingerprint density at radius 1 is 1.06 bits per heavy atom. The van der Waals surface area contributed by atoms with E-state index in [2.05, 4.69) is 19.2 Å². The van der Waals surface area contributed by atoms with Crippen LogP contribution in [0.2, 0.25) is 0 Å². The number of rotatable bonds is 5. The quantitative estimate of drug-likeness (QED) is 0.766. The first kappa shape index (κ1) is 14.3. The van der Waals surface area contributed by atoms with Crippen LogP contribution in [-0.4, -0.2) is 38.5 Å². The number of hydrogen-bond acceptors (Lipinski definition) is 3. The van der Waals surface area contributed by atoms with Crippen molar-refractivity contribution in [2.45, 2.75) is 58.1 Å². The fourth-order valence-corrected chi connectivity index (χ4v) is 3.40. The van der Waals surface area contributed by atoms with E-state index < -0.39 is 0 Å². The Kier molecular flexibility index (Phi) is 5.93. The number of hydrogen-bond donors (Lipinski definition) is 1. The summed E-state index contributed by atoms with van der Waals surface area (Å²) in [7, 11) is 0. The minimum Gasteiger partial charge on any atom is -0.381 e. The molecular formula is C15H29NO2. The normalized spacial score (nSPS) is 34.7. The molecular weight excluding hydrogens is 226 g/mol. The number of nitrogens with one attached hydrogen (secondary N) is 1. The molecule has 0 aromatic heterocycles. The van der Waals surface area contributed by atoms with Crippen LogP contribution in [0.25, 0.3) is 0 Å². The lowest BCUT2D eigenvalue weighted by molar-refractivity contribution is 0.000160. The second-order valence-electron chi connectivity index (χ2n) is 6.25. The smallest absolute Gasteiger partial charge is 0.0594 e. The fourth-order valence-electron chi connectivity index (χ4n) is 3.40. The SMILES string of the molecule is CC1CC(C)CC(OCCNC2CCOCC2)C1. The van der Waals surface area contributed by atoms with Crippen molar-refractivity contribution in [1.29, 1.82) is 0 Å². The molecule has 2 rings (SSSR count). The zero-order valence-corrected chi connectivity index (χ0v) is 12.0. The molecule has 3 nitrogen and oxygen atoms in total. The molecule has 2 fully saturated rings. The van der Waals surface area contributed by atoms with Crippen LogP contribution in [0.4, 0.5) is 0 Å². The molecule has 0 aromatic rings. The van der Waals surface area contributed by atoms with Crippen LogP contribution in [0.3, 0.4) is 0 Å². The predicted molar refractivity (Wildman–Crippen MR) is 73.8 cm³/mol. The zero-order chi connectivity index (χ0) is 12.8. The van der Waals surface area contributed by atoms with E-state index >= 15 is 0 Å². The van der Waals surface area contributed by atoms with Gasteiger partial charge >= 0.3 is 0 Å². The van der Waals surface area contributed by atoms with Crippen molar-refractivity contribution in [1.82, 2.24) is 5.32 Å². The molecule has 1 heterocycles. The van der Waals surface area contributed by atoms with Gasteiger partial charge in [-0.3, -0.25) is 0 Å². The molecule has 1 aliphatic carbocycles. The largest absolute Gasteiger partial charge is 0.381 e. The molecule has 0 aromatic carbocycles. The number of ether oxygens (including phenoxy) is 2. The van der Waals surface area contributed by atoms with Crippen LogP contribution in [0.1, 0.15) is 46.0 Å². The lowest BCUT2D eigenvalue weighted by Gasteiger charge is -2.31. The van der Waals surface area contributed by atoms with Gasteiger partial charge in [-0.15, -0.1) is 0 Å². The van der Waals surface area contributed by atoms with Crippen molar-refractivity contribution < 1.29 is 9.47 Å². The van der Waals surface area contributed by atoms with Crippen LogP contribution in [0, 0.1) is 11.8 Å². The van der Waals surface area contributed by atoms with Gasteiger partial charge in [0, 0.05) is 25.8 Å². The summed E-state index contributed by atoms with van der Waals surface area (Å²) < 4.78 is 11.4. The van der Waals surface area contributed by atoms with Crippen LogP contribution in [0.15, 0.2) is 0 Å². The van der Waals surface area contributed by atoms with Crippen molar-refractivity contribution in [2.24, 2.45) is 11.8 Å². The van der Waals surface area contributed by atoms with Crippen molar-refractivity contribution >= 4 is 0 Å². The van der Waals surface area contributed by atoms with Crippen molar-refractivity contribution in [3.05, 3.63) is 0 Å². The van der Waals surface area contributed by atoms with Crippen LogP contribution in [-0.2, 0) is 9.47 Å². The Bertz CT molecular complexity index is 219. The molecule has 2 atom stereocenters. The summed E-state index contributed by atoms with van der Waals surface area (Å²) in [5.41, 5.74) is 0. The van der Waals surface area contributed by atoms with Gasteiger partial charge in [-0.2, -0.15) is 0 Å². The minimum atomic E-state index is 0.500. The molecule has 1 N–H and O–H groups in total. The van der Waals surface area contributed by atoms with Gasteiger partial charge in [-0.1, -0.05) is 13.8 Å². The Labute approximate surface area is 112 Å². The molecule has 1 saturated heterocycles. The van der Waals surface area contributed by atoms with Crippen molar-refractivity contribution in [3.8, 4) is 0 Å². The van der Waals surface area contributed by atoms with E-state index in [0.29, 0.717) is 12.1 Å². The Morgan fingerprint density at radius 3 is 2.39 bits per heavy atom. The third kappa shape index (κ3) is 4.87. The van der Waals surface area contributed by atoms with E-state index in [4.69, 9.17) is 9.47 Å². The third-order valence-corrected chi connectivity index (χ3v) is 4.25. The van der Waals surface area contributed by atoms with E-state index in [9.17, 15) is 0 Å². The van der Waals surface area contributed by atoms with Crippen LogP contribution >= 0.6 is 0 Å².